The van der Waals surface area contributed by atoms with Crippen LogP contribution in [-0.2, 0) is 73.4 Å². The van der Waals surface area contributed by atoms with Crippen LogP contribution in [0.25, 0.3) is 0 Å². The third kappa shape index (κ3) is 32.7. The van der Waals surface area contributed by atoms with Crippen molar-refractivity contribution >= 4 is 64.2 Å². The number of aryl methyl sites for hydroxylation is 1. The van der Waals surface area contributed by atoms with E-state index in [1.807, 2.05) is 0 Å². The normalized spacial score (nSPS) is 11.4. The number of nitrogens with two attached hydrogens (primary N) is 1. The summed E-state index contributed by atoms with van der Waals surface area (Å²) in [5.41, 5.74) is 0.132. The standard InChI is InChI=1S/C33H23F10NO5.C22H16BrF6NO2.C8H3ClF4O.C5H9O2.4CH4.BrH.Zn/c34-27-13-12-21(15-26(27)31(35,36)37)29(47)44-30(22-3-1-5-24(16-22)48-32(38,39)40,23-4-2-6-25(17-23)49-33(41,42)43)18-20-9-7-19(8-10-20)11-14-28(45)46;23-17-9-7-14(8-10-17)13-20(30,15-3-1-5-18(11-15)31-21(24,25)26)16-4-2-6-19(12-16)32-22(27,28)29;9-7(14)4-1-2-6(10)5(3-4)8(11,12)13;1-3-5(6)7-4-2;;;;;;/h1-10,12-13,15-17H,11,14,18H2,(H,44,47)(H,45,46);1-12H,13,30H2;1-3H;1,3-4H2,2H3;4*1H4;1H;/q;;;-1;;;;;;+2/p-1. The Morgan fingerprint density at radius 3 is 1.16 bits per heavy atom. The molecule has 108 heavy (non-hydrogen) atoms. The summed E-state index contributed by atoms with van der Waals surface area (Å²) < 4.78 is 281. The van der Waals surface area contributed by atoms with Gasteiger partial charge in [-0.15, -0.1) is 52.7 Å². The first-order valence-corrected chi connectivity index (χ1v) is 37.1. The number of hydrogen-bond donors (Lipinski definition) is 3. The predicted octanol–water partition coefficient (Wildman–Crippen LogP) is 22.7. The predicted molar refractivity (Wildman–Crippen MR) is 365 cm³/mol. The van der Waals surface area contributed by atoms with E-state index in [0.29, 0.717) is 47.6 Å². The minimum absolute atomic E-state index is 0. The fourth-order valence-corrected chi connectivity index (χ4v) is 9.72. The Morgan fingerprint density at radius 1 is 0.491 bits per heavy atom. The average molecular weight is 1760 g/mol. The van der Waals surface area contributed by atoms with Crippen molar-refractivity contribution in [2.45, 2.75) is 118 Å². The second-order valence-electron chi connectivity index (χ2n) is 21.0. The van der Waals surface area contributed by atoms with Crippen molar-refractivity contribution in [3.63, 3.8) is 0 Å². The summed E-state index contributed by atoms with van der Waals surface area (Å²) >= 11 is 12.5. The number of aliphatic carboxylic acids is 1. The molecule has 8 aromatic carbocycles. The van der Waals surface area contributed by atoms with E-state index in [1.165, 1.54) is 77.0 Å². The quantitative estimate of drug-likeness (QED) is 0.0218. The summed E-state index contributed by atoms with van der Waals surface area (Å²) in [4.78, 5) is 45.4. The molecule has 4 N–H and O–H groups in total. The molecule has 36 heteroatoms. The van der Waals surface area contributed by atoms with Gasteiger partial charge in [0.05, 0.1) is 28.8 Å². The van der Waals surface area contributed by atoms with E-state index in [0.717, 1.165) is 71.2 Å². The summed E-state index contributed by atoms with van der Waals surface area (Å²) in [6, 6.07) is 34.2. The Balaban J connectivity index is 0.00000165. The zero-order chi connectivity index (χ0) is 78.4. The zero-order valence-electron chi connectivity index (χ0n) is 52.9. The fraction of sp³-hybridized carbons (Fsp3) is 0.264. The van der Waals surface area contributed by atoms with E-state index in [4.69, 9.17) is 22.4 Å². The first-order valence-electron chi connectivity index (χ1n) is 29.0. The molecule has 0 unspecified atom stereocenters. The Hall–Kier alpha value is -8.53. The second kappa shape index (κ2) is 43.0. The van der Waals surface area contributed by atoms with Gasteiger partial charge in [-0.05, 0) is 167 Å². The van der Waals surface area contributed by atoms with Gasteiger partial charge in [0.1, 0.15) is 34.6 Å². The van der Waals surface area contributed by atoms with E-state index < -0.39 is 124 Å². The third-order valence-electron chi connectivity index (χ3n) is 13.7. The molecular weight excluding hydrogens is 1690 g/mol. The number of esters is 1. The minimum atomic E-state index is -5.23. The van der Waals surface area contributed by atoms with Crippen LogP contribution in [0.4, 0.5) is 87.8 Å². The van der Waals surface area contributed by atoms with Crippen LogP contribution in [0, 0.1) is 18.6 Å². The number of amides is 1. The molecule has 0 heterocycles. The third-order valence-corrected chi connectivity index (χ3v) is 14.4. The van der Waals surface area contributed by atoms with Gasteiger partial charge in [-0.3, -0.25) is 19.2 Å². The molecule has 0 aliphatic heterocycles. The molecule has 0 saturated carbocycles. The van der Waals surface area contributed by atoms with Gasteiger partial charge in [0.2, 0.25) is 0 Å². The van der Waals surface area contributed by atoms with Crippen LogP contribution < -0.4 is 30.0 Å². The van der Waals surface area contributed by atoms with Gasteiger partial charge in [0.15, 0.2) is 0 Å². The molecule has 8 aromatic rings. The van der Waals surface area contributed by atoms with Crippen LogP contribution in [-0.4, -0.2) is 60.3 Å². The van der Waals surface area contributed by atoms with E-state index in [2.05, 4.69) is 65.5 Å². The van der Waals surface area contributed by atoms with Crippen molar-refractivity contribution in [1.29, 1.82) is 0 Å². The number of carboxylic acids is 1. The molecule has 0 aromatic heterocycles. The van der Waals surface area contributed by atoms with Gasteiger partial charge in [0, 0.05) is 28.4 Å². The SMILES string of the molecule is C.C.C.C.NC(Cc1ccc(Br)cc1)(c1cccc(OC(F)(F)F)c1)c1cccc(OC(F)(F)F)c1.O=C(Cl)c1ccc(F)c(C(F)(F)F)c1.O=C(O)CCc1ccc(CC(NC(=O)c2ccc(F)c(C(F)(F)F)c2)(c2cccc(OC(F)(F)F)c2)c2cccc(OC(F)(F)F)c2)cc1.[CH2-]CC(=O)OCC.[Zn+][Br]. The van der Waals surface area contributed by atoms with Gasteiger partial charge >= 0.3 is 73.7 Å². The molecule has 1 amide bonds. The summed E-state index contributed by atoms with van der Waals surface area (Å²) in [7, 11) is 0. The van der Waals surface area contributed by atoms with Crippen LogP contribution in [0.5, 0.6) is 23.0 Å². The monoisotopic (exact) mass is 1760 g/mol. The molecule has 0 aliphatic rings. The summed E-state index contributed by atoms with van der Waals surface area (Å²) in [6.45, 7) is 5.55. The molecule has 0 bridgehead atoms. The number of nitrogens with one attached hydrogen (secondary N) is 1. The van der Waals surface area contributed by atoms with Crippen molar-refractivity contribution in [2.75, 3.05) is 6.61 Å². The molecule has 0 atom stereocenters. The Bertz CT molecular complexity index is 4050. The van der Waals surface area contributed by atoms with E-state index in [9.17, 15) is 107 Å². The van der Waals surface area contributed by atoms with Crippen LogP contribution in [0.15, 0.2) is 186 Å². The fourth-order valence-electron chi connectivity index (χ4n) is 9.34. The number of halogens is 23. The maximum atomic E-state index is 14.1. The molecule has 588 valence electrons. The van der Waals surface area contributed by atoms with Crippen LogP contribution in [0.3, 0.4) is 0 Å². The summed E-state index contributed by atoms with van der Waals surface area (Å²) in [6.07, 6.45) is -30.5. The first kappa shape index (κ1) is 99.5. The summed E-state index contributed by atoms with van der Waals surface area (Å²) in [5, 5.41) is 10.4. The number of benzene rings is 8. The van der Waals surface area contributed by atoms with Crippen molar-refractivity contribution in [2.24, 2.45) is 5.73 Å². The number of carboxylic acid groups (broad SMARTS) is 1. The molecule has 8 rings (SSSR count). The topological polar surface area (TPSA) is 173 Å². The van der Waals surface area contributed by atoms with E-state index >= 15 is 0 Å². The van der Waals surface area contributed by atoms with Gasteiger partial charge < -0.3 is 46.8 Å². The molecular formula is C72H67Br2ClF20N2O10Zn. The molecule has 0 fully saturated rings. The molecule has 0 spiro atoms. The Kier molecular flexibility index (Phi) is 39.6. The number of alkyl halides is 18. The van der Waals surface area contributed by atoms with Gasteiger partial charge in [-0.2, -0.15) is 26.3 Å². The van der Waals surface area contributed by atoms with E-state index in [1.54, 1.807) is 31.2 Å². The number of ether oxygens (including phenoxy) is 5. The van der Waals surface area contributed by atoms with Crippen LogP contribution >= 0.6 is 41.2 Å². The zero-order valence-corrected chi connectivity index (χ0v) is 59.8. The second-order valence-corrected chi connectivity index (χ2v) is 22.3. The number of hydrogen-bond acceptors (Lipinski definition) is 10. The molecule has 0 radical (unpaired) electrons. The number of rotatable bonds is 20. The Morgan fingerprint density at radius 2 is 0.824 bits per heavy atom. The van der Waals surface area contributed by atoms with E-state index in [-0.39, 0.29) is 95.2 Å². The number of carbonyl (C=O) groups excluding carboxylic acids is 3. The van der Waals surface area contributed by atoms with Crippen molar-refractivity contribution in [3.8, 4) is 23.0 Å². The van der Waals surface area contributed by atoms with Crippen LogP contribution in [0.2, 0.25) is 0 Å². The van der Waals surface area contributed by atoms with Crippen molar-refractivity contribution in [1.82, 2.24) is 5.32 Å². The average Bonchev–Trinajstić information content (AvgIpc) is 0.755. The van der Waals surface area contributed by atoms with Crippen LogP contribution in [0.1, 0.15) is 120 Å². The maximum absolute atomic E-state index is 14.1. The van der Waals surface area contributed by atoms with Gasteiger partial charge in [-0.25, -0.2) is 8.78 Å². The summed E-state index contributed by atoms with van der Waals surface area (Å²) in [5.74, 6) is -8.37. The van der Waals surface area contributed by atoms with Gasteiger partial charge in [-0.1, -0.05) is 137 Å². The van der Waals surface area contributed by atoms with Crippen molar-refractivity contribution < 1.29 is 152 Å². The number of carbonyl (C=O) groups is 4. The first-order chi connectivity index (χ1) is 48.2. The molecule has 0 aliphatic carbocycles. The van der Waals surface area contributed by atoms with Gasteiger partial charge in [0.25, 0.3) is 17.1 Å². The molecule has 12 nitrogen and oxygen atoms in total. The van der Waals surface area contributed by atoms with Crippen molar-refractivity contribution in [3.05, 3.63) is 266 Å². The Labute approximate surface area is 637 Å². The molecule has 0 saturated heterocycles.